The molecule has 20 heavy (non-hydrogen) atoms. The minimum Gasteiger partial charge on any atom is -0.387 e. The fourth-order valence-electron chi connectivity index (χ4n) is 3.05. The second-order valence-corrected chi connectivity index (χ2v) is 6.30. The van der Waals surface area contributed by atoms with Crippen LogP contribution in [0.2, 0.25) is 0 Å². The summed E-state index contributed by atoms with van der Waals surface area (Å²) in [6, 6.07) is 10.1. The average Bonchev–Trinajstić information content (AvgIpc) is 2.34. The molecule has 1 aliphatic heterocycles. The highest BCUT2D eigenvalue weighted by Gasteiger charge is 2.32. The Morgan fingerprint density at radius 2 is 2.10 bits per heavy atom. The van der Waals surface area contributed by atoms with Gasteiger partial charge in [-0.05, 0) is 26.3 Å². The van der Waals surface area contributed by atoms with Gasteiger partial charge in [0.1, 0.15) is 0 Å². The topological polar surface area (TPSA) is 62.3 Å². The number of nitrogens with two attached hydrogens (primary N) is 1. The monoisotopic (exact) mass is 275 g/mol. The van der Waals surface area contributed by atoms with E-state index >= 15 is 0 Å². The van der Waals surface area contributed by atoms with Crippen LogP contribution in [-0.4, -0.2) is 42.1 Å². The van der Waals surface area contributed by atoms with Gasteiger partial charge >= 0.3 is 0 Å². The van der Waals surface area contributed by atoms with Crippen LogP contribution >= 0.6 is 0 Å². The van der Waals surface area contributed by atoms with Gasteiger partial charge in [-0.3, -0.25) is 10.3 Å². The highest BCUT2D eigenvalue weighted by Crippen LogP contribution is 2.24. The van der Waals surface area contributed by atoms with Crippen molar-refractivity contribution < 1.29 is 4.74 Å². The van der Waals surface area contributed by atoms with Crippen LogP contribution in [0.5, 0.6) is 0 Å². The molecule has 0 radical (unpaired) electrons. The molecule has 1 aliphatic rings. The standard InChI is InChI=1S/C16H25N3O/c1-12-9-19(11-16(2,3)20-12)10-14(15(17)18)13-7-5-4-6-8-13/h4-8,12,14H,9-11H2,1-3H3,(H3,17,18). The van der Waals surface area contributed by atoms with Crippen LogP contribution in [0.3, 0.4) is 0 Å². The molecule has 1 aromatic rings. The van der Waals surface area contributed by atoms with E-state index in [4.69, 9.17) is 15.9 Å². The first-order chi connectivity index (χ1) is 9.37. The summed E-state index contributed by atoms with van der Waals surface area (Å²) in [5, 5.41) is 7.88. The van der Waals surface area contributed by atoms with E-state index in [9.17, 15) is 0 Å². The zero-order valence-corrected chi connectivity index (χ0v) is 12.6. The Hall–Kier alpha value is -1.39. The molecule has 3 N–H and O–H groups in total. The van der Waals surface area contributed by atoms with Crippen molar-refractivity contribution in [3.8, 4) is 0 Å². The van der Waals surface area contributed by atoms with Crippen LogP contribution in [0.15, 0.2) is 30.3 Å². The maximum Gasteiger partial charge on any atom is 0.0995 e. The Labute approximate surface area is 121 Å². The lowest BCUT2D eigenvalue weighted by Crippen LogP contribution is -2.53. The highest BCUT2D eigenvalue weighted by atomic mass is 16.5. The van der Waals surface area contributed by atoms with Crippen molar-refractivity contribution in [2.75, 3.05) is 19.6 Å². The molecule has 0 aromatic heterocycles. The first-order valence-corrected chi connectivity index (χ1v) is 7.16. The molecule has 2 unspecified atom stereocenters. The van der Waals surface area contributed by atoms with Gasteiger partial charge in [-0.1, -0.05) is 30.3 Å². The van der Waals surface area contributed by atoms with Crippen molar-refractivity contribution in [2.45, 2.75) is 38.4 Å². The van der Waals surface area contributed by atoms with E-state index in [1.54, 1.807) is 0 Å². The molecule has 2 rings (SSSR count). The number of morpholine rings is 1. The second kappa shape index (κ2) is 5.94. The van der Waals surface area contributed by atoms with Gasteiger partial charge in [-0.2, -0.15) is 0 Å². The van der Waals surface area contributed by atoms with Crippen LogP contribution in [-0.2, 0) is 4.74 Å². The molecular formula is C16H25N3O. The van der Waals surface area contributed by atoms with Gasteiger partial charge in [-0.15, -0.1) is 0 Å². The number of nitrogens with zero attached hydrogens (tertiary/aromatic N) is 1. The molecule has 4 nitrogen and oxygen atoms in total. The van der Waals surface area contributed by atoms with Crippen LogP contribution in [0.1, 0.15) is 32.3 Å². The van der Waals surface area contributed by atoms with E-state index in [1.807, 2.05) is 30.3 Å². The van der Waals surface area contributed by atoms with Gasteiger partial charge in [0, 0.05) is 19.6 Å². The largest absolute Gasteiger partial charge is 0.387 e. The van der Waals surface area contributed by atoms with Gasteiger partial charge in [0.2, 0.25) is 0 Å². The molecule has 1 heterocycles. The van der Waals surface area contributed by atoms with Gasteiger partial charge in [0.25, 0.3) is 0 Å². The summed E-state index contributed by atoms with van der Waals surface area (Å²) >= 11 is 0. The second-order valence-electron chi connectivity index (χ2n) is 6.30. The molecule has 1 aromatic carbocycles. The van der Waals surface area contributed by atoms with Crippen LogP contribution in [0.25, 0.3) is 0 Å². The Morgan fingerprint density at radius 3 is 2.65 bits per heavy atom. The summed E-state index contributed by atoms with van der Waals surface area (Å²) in [5.74, 6) is 0.186. The number of amidine groups is 1. The average molecular weight is 275 g/mol. The van der Waals surface area contributed by atoms with Crippen molar-refractivity contribution in [1.82, 2.24) is 4.90 Å². The van der Waals surface area contributed by atoms with E-state index in [-0.39, 0.29) is 23.5 Å². The SMILES string of the molecule is CC1CN(CC(C(=N)N)c2ccccc2)CC(C)(C)O1. The molecule has 2 atom stereocenters. The lowest BCUT2D eigenvalue weighted by molar-refractivity contribution is -0.128. The lowest BCUT2D eigenvalue weighted by atomic mass is 9.96. The number of rotatable bonds is 4. The van der Waals surface area contributed by atoms with Crippen molar-refractivity contribution in [1.29, 1.82) is 5.41 Å². The van der Waals surface area contributed by atoms with E-state index in [0.29, 0.717) is 0 Å². The summed E-state index contributed by atoms with van der Waals surface area (Å²) < 4.78 is 5.93. The number of nitrogens with one attached hydrogen (secondary N) is 1. The van der Waals surface area contributed by atoms with Crippen molar-refractivity contribution in [2.24, 2.45) is 5.73 Å². The van der Waals surface area contributed by atoms with Crippen LogP contribution < -0.4 is 5.73 Å². The summed E-state index contributed by atoms with van der Waals surface area (Å²) in [4.78, 5) is 2.35. The van der Waals surface area contributed by atoms with E-state index in [2.05, 4.69) is 25.7 Å². The summed E-state index contributed by atoms with van der Waals surface area (Å²) in [6.07, 6.45) is 0.210. The molecular weight excluding hydrogens is 250 g/mol. The first kappa shape index (κ1) is 15.0. The number of hydrogen-bond donors (Lipinski definition) is 2. The normalized spacial score (nSPS) is 24.2. The lowest BCUT2D eigenvalue weighted by Gasteiger charge is -2.42. The molecule has 0 spiro atoms. The third-order valence-corrected chi connectivity index (χ3v) is 3.66. The zero-order chi connectivity index (χ0) is 14.8. The Bertz CT molecular complexity index is 458. The number of benzene rings is 1. The third kappa shape index (κ3) is 3.81. The maximum atomic E-state index is 7.88. The molecule has 1 fully saturated rings. The molecule has 0 saturated carbocycles. The minimum atomic E-state index is -0.143. The maximum absolute atomic E-state index is 7.88. The smallest absolute Gasteiger partial charge is 0.0995 e. The predicted octanol–water partition coefficient (Wildman–Crippen LogP) is 2.21. The zero-order valence-electron chi connectivity index (χ0n) is 12.6. The Kier molecular flexibility index (Phi) is 4.45. The molecule has 4 heteroatoms. The van der Waals surface area contributed by atoms with Gasteiger partial charge in [0.05, 0.1) is 23.5 Å². The fraction of sp³-hybridized carbons (Fsp3) is 0.562. The van der Waals surface area contributed by atoms with Crippen LogP contribution in [0, 0.1) is 5.41 Å². The Balaban J connectivity index is 2.11. The summed E-state index contributed by atoms with van der Waals surface area (Å²) in [6.45, 7) is 8.85. The molecule has 0 aliphatic carbocycles. The van der Waals surface area contributed by atoms with Gasteiger partial charge in [0.15, 0.2) is 0 Å². The molecule has 1 saturated heterocycles. The van der Waals surface area contributed by atoms with E-state index < -0.39 is 0 Å². The Morgan fingerprint density at radius 1 is 1.45 bits per heavy atom. The van der Waals surface area contributed by atoms with Crippen molar-refractivity contribution in [3.05, 3.63) is 35.9 Å². The number of hydrogen-bond acceptors (Lipinski definition) is 3. The van der Waals surface area contributed by atoms with E-state index in [1.165, 1.54) is 0 Å². The van der Waals surface area contributed by atoms with Gasteiger partial charge in [-0.25, -0.2) is 0 Å². The van der Waals surface area contributed by atoms with Crippen molar-refractivity contribution in [3.63, 3.8) is 0 Å². The molecule has 110 valence electrons. The molecule has 0 amide bonds. The van der Waals surface area contributed by atoms with Crippen molar-refractivity contribution >= 4 is 5.84 Å². The highest BCUT2D eigenvalue weighted by molar-refractivity contribution is 5.84. The van der Waals surface area contributed by atoms with Crippen LogP contribution in [0.4, 0.5) is 0 Å². The third-order valence-electron chi connectivity index (χ3n) is 3.66. The first-order valence-electron chi connectivity index (χ1n) is 7.16. The number of ether oxygens (including phenoxy) is 1. The summed E-state index contributed by atoms with van der Waals surface area (Å²) in [5.41, 5.74) is 6.78. The predicted molar refractivity (Wildman–Crippen MR) is 82.2 cm³/mol. The van der Waals surface area contributed by atoms with Gasteiger partial charge < -0.3 is 10.5 Å². The fourth-order valence-corrected chi connectivity index (χ4v) is 3.05. The quantitative estimate of drug-likeness (QED) is 0.654. The summed E-state index contributed by atoms with van der Waals surface area (Å²) in [7, 11) is 0. The van der Waals surface area contributed by atoms with E-state index in [0.717, 1.165) is 25.2 Å². The molecule has 0 bridgehead atoms. The minimum absolute atomic E-state index is 0.0442.